The SMILES string of the molecule is [B]C([B])([B])Nc1ncc(-c2nc3cc(OC)ccc3o2)c2cc(NC(=O)C3CC3)ncc12. The summed E-state index contributed by atoms with van der Waals surface area (Å²) in [5, 5.41) is 5.18. The molecule has 1 fully saturated rings. The summed E-state index contributed by atoms with van der Waals surface area (Å²) in [6.45, 7) is 0. The predicted octanol–water partition coefficient (Wildman–Crippen LogP) is 2.32. The lowest BCUT2D eigenvalue weighted by Crippen LogP contribution is -2.40. The fourth-order valence-corrected chi connectivity index (χ4v) is 3.40. The summed E-state index contributed by atoms with van der Waals surface area (Å²) < 4.78 is 11.2. The lowest BCUT2D eigenvalue weighted by Gasteiger charge is -2.24. The largest absolute Gasteiger partial charge is 0.497 e. The smallest absolute Gasteiger partial charge is 0.229 e. The lowest BCUT2D eigenvalue weighted by atomic mass is 9.49. The third-order valence-electron chi connectivity index (χ3n) is 5.13. The van der Waals surface area contributed by atoms with E-state index in [4.69, 9.17) is 32.7 Å². The number of anilines is 2. The normalized spacial score (nSPS) is 13.9. The van der Waals surface area contributed by atoms with E-state index < -0.39 is 5.24 Å². The van der Waals surface area contributed by atoms with Gasteiger partial charge in [-0.1, -0.05) is 5.24 Å². The third-order valence-corrected chi connectivity index (χ3v) is 5.13. The fourth-order valence-electron chi connectivity index (χ4n) is 3.40. The van der Waals surface area contributed by atoms with Crippen LogP contribution in [-0.4, -0.2) is 56.7 Å². The van der Waals surface area contributed by atoms with E-state index in [9.17, 15) is 4.79 Å². The molecule has 0 atom stereocenters. The molecule has 11 heteroatoms. The van der Waals surface area contributed by atoms with Crippen molar-refractivity contribution in [3.8, 4) is 17.2 Å². The number of hydrogen-bond donors (Lipinski definition) is 2. The van der Waals surface area contributed by atoms with Crippen molar-refractivity contribution in [1.29, 1.82) is 0 Å². The lowest BCUT2D eigenvalue weighted by molar-refractivity contribution is -0.117. The number of carbonyl (C=O) groups is 1. The highest BCUT2D eigenvalue weighted by molar-refractivity contribution is 6.60. The van der Waals surface area contributed by atoms with Crippen LogP contribution in [0.25, 0.3) is 33.3 Å². The first kappa shape index (κ1) is 20.4. The molecule has 1 aliphatic carbocycles. The predicted molar refractivity (Wildman–Crippen MR) is 124 cm³/mol. The number of oxazole rings is 1. The number of fused-ring (bicyclic) bond motifs is 2. The van der Waals surface area contributed by atoms with Gasteiger partial charge in [0.2, 0.25) is 11.8 Å². The molecule has 1 aromatic carbocycles. The summed E-state index contributed by atoms with van der Waals surface area (Å²) in [6, 6.07) is 7.09. The number of rotatable bonds is 6. The highest BCUT2D eigenvalue weighted by atomic mass is 16.5. The van der Waals surface area contributed by atoms with Crippen LogP contribution >= 0.6 is 0 Å². The van der Waals surface area contributed by atoms with Crippen LogP contribution in [0.5, 0.6) is 5.75 Å². The number of methoxy groups -OCH3 is 1. The second-order valence-corrected chi connectivity index (χ2v) is 7.81. The van der Waals surface area contributed by atoms with E-state index in [0.29, 0.717) is 50.7 Å². The maximum absolute atomic E-state index is 12.2. The molecule has 4 aromatic rings. The topological polar surface area (TPSA) is 102 Å². The van der Waals surface area contributed by atoms with Gasteiger partial charge in [-0.05, 0) is 31.0 Å². The fraction of sp³-hybridized carbons (Fsp3) is 0.238. The molecule has 3 heterocycles. The van der Waals surface area contributed by atoms with Crippen LogP contribution in [0.4, 0.5) is 11.6 Å². The van der Waals surface area contributed by atoms with Gasteiger partial charge < -0.3 is 19.8 Å². The number of nitrogens with one attached hydrogen (secondary N) is 2. The average Bonchev–Trinajstić information content (AvgIpc) is 3.52. The molecule has 6 radical (unpaired) electrons. The van der Waals surface area contributed by atoms with Crippen LogP contribution in [0, 0.1) is 5.92 Å². The molecule has 1 saturated carbocycles. The van der Waals surface area contributed by atoms with Crippen LogP contribution in [0.1, 0.15) is 12.8 Å². The highest BCUT2D eigenvalue weighted by Gasteiger charge is 2.30. The maximum atomic E-state index is 12.2. The van der Waals surface area contributed by atoms with Gasteiger partial charge in [0.15, 0.2) is 5.58 Å². The third kappa shape index (κ3) is 4.02. The molecular formula is C21H16B3N5O3. The molecule has 0 aliphatic heterocycles. The van der Waals surface area contributed by atoms with E-state index in [-0.39, 0.29) is 11.8 Å². The molecule has 8 nitrogen and oxygen atoms in total. The van der Waals surface area contributed by atoms with E-state index >= 15 is 0 Å². The molecule has 152 valence electrons. The number of hydrogen-bond acceptors (Lipinski definition) is 7. The molecule has 0 saturated heterocycles. The Kier molecular flexibility index (Phi) is 4.84. The molecule has 2 N–H and O–H groups in total. The van der Waals surface area contributed by atoms with Crippen molar-refractivity contribution in [3.63, 3.8) is 0 Å². The van der Waals surface area contributed by atoms with Gasteiger partial charge in [0.25, 0.3) is 0 Å². The monoisotopic (exact) mass is 419 g/mol. The first-order chi connectivity index (χ1) is 15.3. The zero-order valence-corrected chi connectivity index (χ0v) is 17.3. The summed E-state index contributed by atoms with van der Waals surface area (Å²) in [5.41, 5.74) is 1.83. The standard InChI is InChI=1S/C21H16B3N5O3/c1-31-11-4-5-16-15(6-11)27-20(32-16)14-9-26-18(29-21(22,23)24)13-8-25-17(7-12(13)14)28-19(30)10-2-3-10/h4-10H,2-3H2,1H3,(H,26,29)(H,25,28,30). The van der Waals surface area contributed by atoms with Crippen LogP contribution in [-0.2, 0) is 4.79 Å². The summed E-state index contributed by atoms with van der Waals surface area (Å²) in [5.74, 6) is 1.75. The van der Waals surface area contributed by atoms with Crippen molar-refractivity contribution in [2.45, 2.75) is 18.1 Å². The number of carbonyl (C=O) groups excluding carboxylic acids is 1. The number of pyridine rings is 2. The van der Waals surface area contributed by atoms with Crippen molar-refractivity contribution in [3.05, 3.63) is 36.7 Å². The minimum atomic E-state index is -1.69. The number of benzene rings is 1. The zero-order chi connectivity index (χ0) is 22.5. The summed E-state index contributed by atoms with van der Waals surface area (Å²) in [7, 11) is 18.7. The zero-order valence-electron chi connectivity index (χ0n) is 17.3. The van der Waals surface area contributed by atoms with Crippen LogP contribution in [0.2, 0.25) is 0 Å². The van der Waals surface area contributed by atoms with E-state index in [2.05, 4.69) is 25.6 Å². The number of aromatic nitrogens is 3. The summed E-state index contributed by atoms with van der Waals surface area (Å²) in [4.78, 5) is 25.6. The molecular weight excluding hydrogens is 403 g/mol. The molecule has 3 aromatic heterocycles. The van der Waals surface area contributed by atoms with Gasteiger partial charge in [0.05, 0.1) is 36.2 Å². The van der Waals surface area contributed by atoms with Crippen LogP contribution < -0.4 is 15.4 Å². The molecule has 32 heavy (non-hydrogen) atoms. The molecule has 0 unspecified atom stereocenters. The first-order valence-corrected chi connectivity index (χ1v) is 10.00. The van der Waals surface area contributed by atoms with Gasteiger partial charge in [0, 0.05) is 35.2 Å². The van der Waals surface area contributed by atoms with Crippen LogP contribution in [0.15, 0.2) is 41.1 Å². The quantitative estimate of drug-likeness (QED) is 0.463. The Morgan fingerprint density at radius 1 is 1.16 bits per heavy atom. The van der Waals surface area contributed by atoms with Crippen molar-refractivity contribution >= 4 is 63.0 Å². The van der Waals surface area contributed by atoms with Gasteiger partial charge >= 0.3 is 0 Å². The second-order valence-electron chi connectivity index (χ2n) is 7.81. The van der Waals surface area contributed by atoms with Crippen molar-refractivity contribution in [1.82, 2.24) is 15.0 Å². The van der Waals surface area contributed by atoms with Crippen molar-refractivity contribution in [2.24, 2.45) is 5.92 Å². The Morgan fingerprint density at radius 2 is 1.97 bits per heavy atom. The first-order valence-electron chi connectivity index (χ1n) is 10.00. The summed E-state index contributed by atoms with van der Waals surface area (Å²) in [6.07, 6.45) is 4.92. The van der Waals surface area contributed by atoms with Crippen molar-refractivity contribution < 1.29 is 13.9 Å². The second kappa shape index (κ2) is 7.58. The van der Waals surface area contributed by atoms with E-state index in [0.717, 1.165) is 12.8 Å². The van der Waals surface area contributed by atoms with Gasteiger partial charge in [-0.15, -0.1) is 0 Å². The van der Waals surface area contributed by atoms with Gasteiger partial charge in [-0.25, -0.2) is 15.0 Å². The average molecular weight is 419 g/mol. The molecule has 0 spiro atoms. The van der Waals surface area contributed by atoms with Gasteiger partial charge in [-0.3, -0.25) is 4.79 Å². The van der Waals surface area contributed by atoms with Crippen molar-refractivity contribution in [2.75, 3.05) is 17.7 Å². The Hall–Kier alpha value is -3.49. The minimum absolute atomic E-state index is 0.0426. The number of nitrogens with zero attached hydrogens (tertiary/aromatic N) is 3. The Morgan fingerprint density at radius 3 is 2.69 bits per heavy atom. The molecule has 5 rings (SSSR count). The maximum Gasteiger partial charge on any atom is 0.229 e. The Labute approximate surface area is 187 Å². The van der Waals surface area contributed by atoms with Gasteiger partial charge in [0.1, 0.15) is 22.9 Å². The number of amides is 1. The number of ether oxygens (including phenoxy) is 1. The summed E-state index contributed by atoms with van der Waals surface area (Å²) >= 11 is 0. The molecule has 1 amide bonds. The van der Waals surface area contributed by atoms with E-state index in [1.807, 2.05) is 0 Å². The van der Waals surface area contributed by atoms with Gasteiger partial charge in [-0.2, -0.15) is 0 Å². The highest BCUT2D eigenvalue weighted by Crippen LogP contribution is 2.35. The Balaban J connectivity index is 1.64. The molecule has 0 bridgehead atoms. The van der Waals surface area contributed by atoms with E-state index in [1.165, 1.54) is 0 Å². The minimum Gasteiger partial charge on any atom is -0.497 e. The van der Waals surface area contributed by atoms with Crippen LogP contribution in [0.3, 0.4) is 0 Å². The Bertz CT molecular complexity index is 1350. The molecule has 1 aliphatic rings. The van der Waals surface area contributed by atoms with E-state index in [1.54, 1.807) is 43.8 Å².